The zero-order chi connectivity index (χ0) is 20.9. The Morgan fingerprint density at radius 1 is 1.03 bits per heavy atom. The third-order valence-electron chi connectivity index (χ3n) is 4.43. The highest BCUT2D eigenvalue weighted by Gasteiger charge is 2.30. The number of carboxylic acids is 1. The van der Waals surface area contributed by atoms with Crippen LogP contribution in [0.1, 0.15) is 24.8 Å². The lowest BCUT2D eigenvalue weighted by molar-refractivity contribution is -0.138. The Hall–Kier alpha value is -3.16. The molecule has 0 bridgehead atoms. The van der Waals surface area contributed by atoms with E-state index in [1.807, 2.05) is 4.90 Å². The Kier molecular flexibility index (Phi) is 6.31. The van der Waals surface area contributed by atoms with Crippen LogP contribution in [0.4, 0.5) is 13.2 Å². The molecular weight excluding hydrogens is 387 g/mol. The van der Waals surface area contributed by atoms with Crippen LogP contribution in [0.5, 0.6) is 17.2 Å². The van der Waals surface area contributed by atoms with E-state index in [0.717, 1.165) is 37.2 Å². The number of carbonyl (C=O) groups is 1. The largest absolute Gasteiger partial charge is 0.481 e. The molecule has 154 valence electrons. The first kappa shape index (κ1) is 20.6. The Bertz CT molecular complexity index is 861. The van der Waals surface area contributed by atoms with Gasteiger partial charge in [0.2, 0.25) is 0 Å². The van der Waals surface area contributed by atoms with Crippen LogP contribution >= 0.6 is 0 Å². The number of carboxylic acid groups (broad SMARTS) is 1. The van der Waals surface area contributed by atoms with Crippen molar-refractivity contribution in [2.45, 2.75) is 25.4 Å². The molecule has 3 rings (SSSR count). The second kappa shape index (κ2) is 8.89. The molecule has 0 atom stereocenters. The van der Waals surface area contributed by atoms with Crippen LogP contribution in [0.3, 0.4) is 0 Å². The number of alkyl halides is 3. The summed E-state index contributed by atoms with van der Waals surface area (Å²) in [6.07, 6.45) is -0.897. The molecule has 0 aliphatic carbocycles. The Morgan fingerprint density at radius 2 is 1.62 bits per heavy atom. The predicted molar refractivity (Wildman–Crippen MR) is 99.7 cm³/mol. The van der Waals surface area contributed by atoms with Gasteiger partial charge in [0, 0.05) is 18.8 Å². The fourth-order valence-electron chi connectivity index (χ4n) is 2.94. The summed E-state index contributed by atoms with van der Waals surface area (Å²) in [7, 11) is 0. The molecule has 1 fully saturated rings. The first-order valence-electron chi connectivity index (χ1n) is 9.09. The molecule has 1 heterocycles. The van der Waals surface area contributed by atoms with E-state index in [1.54, 1.807) is 30.5 Å². The van der Waals surface area contributed by atoms with Crippen molar-refractivity contribution in [3.05, 3.63) is 66.1 Å². The second-order valence-electron chi connectivity index (χ2n) is 6.56. The van der Waals surface area contributed by atoms with E-state index < -0.39 is 17.7 Å². The third-order valence-corrected chi connectivity index (χ3v) is 4.43. The SMILES string of the molecule is O=C(O)CCN1CCC/C1=C\Oc1ccc(Oc2ccc(C(F)(F)F)cc2)cc1. The van der Waals surface area contributed by atoms with Crippen molar-refractivity contribution in [3.63, 3.8) is 0 Å². The second-order valence-corrected chi connectivity index (χ2v) is 6.56. The molecule has 1 aliphatic rings. The first-order chi connectivity index (χ1) is 13.8. The maximum Gasteiger partial charge on any atom is 0.416 e. The molecule has 1 aliphatic heterocycles. The zero-order valence-electron chi connectivity index (χ0n) is 15.5. The van der Waals surface area contributed by atoms with Crippen molar-refractivity contribution < 1.29 is 32.5 Å². The summed E-state index contributed by atoms with van der Waals surface area (Å²) < 4.78 is 49.0. The van der Waals surface area contributed by atoms with Crippen molar-refractivity contribution in [2.24, 2.45) is 0 Å². The topological polar surface area (TPSA) is 59.0 Å². The molecule has 0 radical (unpaired) electrons. The monoisotopic (exact) mass is 407 g/mol. The zero-order valence-corrected chi connectivity index (χ0v) is 15.5. The molecular formula is C21H20F3NO4. The average Bonchev–Trinajstić information content (AvgIpc) is 3.13. The quantitative estimate of drug-likeness (QED) is 0.632. The summed E-state index contributed by atoms with van der Waals surface area (Å²) in [6, 6.07) is 11.2. The average molecular weight is 407 g/mol. The highest BCUT2D eigenvalue weighted by Crippen LogP contribution is 2.31. The maximum atomic E-state index is 12.6. The van der Waals surface area contributed by atoms with Crippen molar-refractivity contribution in [2.75, 3.05) is 13.1 Å². The van der Waals surface area contributed by atoms with Gasteiger partial charge in [-0.3, -0.25) is 4.79 Å². The molecule has 1 N–H and O–H groups in total. The smallest absolute Gasteiger partial charge is 0.416 e. The van der Waals surface area contributed by atoms with Gasteiger partial charge in [0.1, 0.15) is 23.5 Å². The number of hydrogen-bond acceptors (Lipinski definition) is 4. The molecule has 2 aromatic carbocycles. The number of benzene rings is 2. The van der Waals surface area contributed by atoms with Gasteiger partial charge in [-0.1, -0.05) is 0 Å². The van der Waals surface area contributed by atoms with Gasteiger partial charge in [-0.2, -0.15) is 13.2 Å². The fourth-order valence-corrected chi connectivity index (χ4v) is 2.94. The number of nitrogens with zero attached hydrogens (tertiary/aromatic N) is 1. The number of halogens is 3. The standard InChI is InChI=1S/C21H20F3NO4/c22-21(23,24)15-3-5-18(6-4-15)29-19-9-7-17(8-10-19)28-14-16-2-1-12-25(16)13-11-20(26)27/h3-10,14H,1-2,11-13H2,(H,26,27)/b16-14+. The lowest BCUT2D eigenvalue weighted by Gasteiger charge is -2.18. The van der Waals surface area contributed by atoms with Crippen LogP contribution in [0.15, 0.2) is 60.5 Å². The van der Waals surface area contributed by atoms with E-state index in [4.69, 9.17) is 14.6 Å². The number of rotatable bonds is 7. The van der Waals surface area contributed by atoms with E-state index in [1.165, 1.54) is 12.1 Å². The minimum absolute atomic E-state index is 0.0767. The third kappa shape index (κ3) is 5.91. The molecule has 0 amide bonds. The lowest BCUT2D eigenvalue weighted by Crippen LogP contribution is -2.21. The summed E-state index contributed by atoms with van der Waals surface area (Å²) in [5, 5.41) is 8.81. The highest BCUT2D eigenvalue weighted by molar-refractivity contribution is 5.66. The molecule has 29 heavy (non-hydrogen) atoms. The van der Waals surface area contributed by atoms with Crippen LogP contribution in [-0.4, -0.2) is 29.1 Å². The van der Waals surface area contributed by atoms with Gasteiger partial charge in [0.05, 0.1) is 12.0 Å². The van der Waals surface area contributed by atoms with Crippen LogP contribution in [-0.2, 0) is 11.0 Å². The van der Waals surface area contributed by atoms with Gasteiger partial charge in [-0.15, -0.1) is 0 Å². The van der Waals surface area contributed by atoms with Crippen molar-refractivity contribution in [3.8, 4) is 17.2 Å². The summed E-state index contributed by atoms with van der Waals surface area (Å²) in [4.78, 5) is 12.7. The minimum Gasteiger partial charge on any atom is -0.481 e. The number of likely N-dealkylation sites (tertiary alicyclic amines) is 1. The van der Waals surface area contributed by atoms with Gasteiger partial charge in [-0.05, 0) is 61.4 Å². The van der Waals surface area contributed by atoms with Gasteiger partial charge in [0.25, 0.3) is 0 Å². The number of ether oxygens (including phenoxy) is 2. The van der Waals surface area contributed by atoms with Gasteiger partial charge < -0.3 is 19.5 Å². The van der Waals surface area contributed by atoms with E-state index in [9.17, 15) is 18.0 Å². The summed E-state index contributed by atoms with van der Waals surface area (Å²) in [5.74, 6) is 0.505. The van der Waals surface area contributed by atoms with Crippen LogP contribution in [0, 0.1) is 0 Å². The highest BCUT2D eigenvalue weighted by atomic mass is 19.4. The molecule has 1 saturated heterocycles. The van der Waals surface area contributed by atoms with Gasteiger partial charge in [-0.25, -0.2) is 0 Å². The van der Waals surface area contributed by atoms with Crippen molar-refractivity contribution in [1.82, 2.24) is 4.90 Å². The molecule has 8 heteroatoms. The molecule has 0 spiro atoms. The van der Waals surface area contributed by atoms with Crippen molar-refractivity contribution in [1.29, 1.82) is 0 Å². The number of aliphatic carboxylic acids is 1. The minimum atomic E-state index is -4.38. The molecule has 5 nitrogen and oxygen atoms in total. The van der Waals surface area contributed by atoms with E-state index in [2.05, 4.69) is 0 Å². The molecule has 0 unspecified atom stereocenters. The number of hydrogen-bond donors (Lipinski definition) is 1. The Balaban J connectivity index is 1.57. The van der Waals surface area contributed by atoms with Crippen molar-refractivity contribution >= 4 is 5.97 Å². The maximum absolute atomic E-state index is 12.6. The summed E-state index contributed by atoms with van der Waals surface area (Å²) in [5.41, 5.74) is 0.224. The van der Waals surface area contributed by atoms with E-state index in [-0.39, 0.29) is 6.42 Å². The lowest BCUT2D eigenvalue weighted by atomic mass is 10.2. The van der Waals surface area contributed by atoms with Crippen LogP contribution in [0.25, 0.3) is 0 Å². The first-order valence-corrected chi connectivity index (χ1v) is 9.09. The fraction of sp³-hybridized carbons (Fsp3) is 0.286. The van der Waals surface area contributed by atoms with Crippen LogP contribution in [0.2, 0.25) is 0 Å². The Morgan fingerprint density at radius 3 is 2.21 bits per heavy atom. The molecule has 0 aromatic heterocycles. The molecule has 2 aromatic rings. The molecule has 0 saturated carbocycles. The predicted octanol–water partition coefficient (Wildman–Crippen LogP) is 5.29. The van der Waals surface area contributed by atoms with Crippen LogP contribution < -0.4 is 9.47 Å². The van der Waals surface area contributed by atoms with E-state index in [0.29, 0.717) is 23.8 Å². The van der Waals surface area contributed by atoms with Gasteiger partial charge >= 0.3 is 12.1 Å². The summed E-state index contributed by atoms with van der Waals surface area (Å²) in [6.45, 7) is 1.26. The van der Waals surface area contributed by atoms with E-state index >= 15 is 0 Å². The Labute approximate surface area is 166 Å². The summed E-state index contributed by atoms with van der Waals surface area (Å²) >= 11 is 0. The normalized spacial score (nSPS) is 15.6. The number of allylic oxidation sites excluding steroid dienone is 1. The van der Waals surface area contributed by atoms with Gasteiger partial charge in [0.15, 0.2) is 0 Å².